The lowest BCUT2D eigenvalue weighted by Crippen LogP contribution is -2.20. The SMILES string of the molecule is CNC(=O)c1ccc(-c2cnc(Cl)nc2)cc1NCc1cccnc1C(F)(F)F. The Morgan fingerprint density at radius 2 is 1.83 bits per heavy atom. The van der Waals surface area contributed by atoms with E-state index >= 15 is 0 Å². The maximum Gasteiger partial charge on any atom is 0.433 e. The predicted molar refractivity (Wildman–Crippen MR) is 102 cm³/mol. The first kappa shape index (κ1) is 20.5. The van der Waals surface area contributed by atoms with Gasteiger partial charge < -0.3 is 10.6 Å². The Morgan fingerprint density at radius 1 is 1.10 bits per heavy atom. The molecule has 29 heavy (non-hydrogen) atoms. The summed E-state index contributed by atoms with van der Waals surface area (Å²) in [5.74, 6) is -0.381. The number of rotatable bonds is 5. The molecule has 1 aromatic carbocycles. The van der Waals surface area contributed by atoms with Crippen molar-refractivity contribution < 1.29 is 18.0 Å². The van der Waals surface area contributed by atoms with Crippen LogP contribution in [0.4, 0.5) is 18.9 Å². The molecule has 0 spiro atoms. The summed E-state index contributed by atoms with van der Waals surface area (Å²) in [6.07, 6.45) is -0.471. The minimum atomic E-state index is -4.58. The van der Waals surface area contributed by atoms with E-state index in [1.165, 1.54) is 31.6 Å². The quantitative estimate of drug-likeness (QED) is 0.604. The van der Waals surface area contributed by atoms with Crippen molar-refractivity contribution in [3.8, 4) is 11.1 Å². The van der Waals surface area contributed by atoms with Crippen LogP contribution in [0.15, 0.2) is 48.9 Å². The third kappa shape index (κ3) is 4.80. The van der Waals surface area contributed by atoms with Crippen molar-refractivity contribution in [3.05, 3.63) is 71.0 Å². The van der Waals surface area contributed by atoms with Crippen LogP contribution in [0.25, 0.3) is 11.1 Å². The Hall–Kier alpha value is -3.20. The maximum absolute atomic E-state index is 13.2. The van der Waals surface area contributed by atoms with E-state index in [-0.39, 0.29) is 28.9 Å². The van der Waals surface area contributed by atoms with E-state index in [1.54, 1.807) is 18.2 Å². The third-order valence-electron chi connectivity index (χ3n) is 4.07. The minimum Gasteiger partial charge on any atom is -0.380 e. The van der Waals surface area contributed by atoms with E-state index < -0.39 is 11.9 Å². The zero-order chi connectivity index (χ0) is 21.0. The Kier molecular flexibility index (Phi) is 5.97. The first-order chi connectivity index (χ1) is 13.8. The molecule has 6 nitrogen and oxygen atoms in total. The van der Waals surface area contributed by atoms with Crippen LogP contribution in [0.3, 0.4) is 0 Å². The normalized spacial score (nSPS) is 11.2. The number of nitrogens with one attached hydrogen (secondary N) is 2. The average Bonchev–Trinajstić information content (AvgIpc) is 2.71. The second-order valence-corrected chi connectivity index (χ2v) is 6.28. The van der Waals surface area contributed by atoms with Crippen LogP contribution >= 0.6 is 11.6 Å². The second-order valence-electron chi connectivity index (χ2n) is 5.94. The summed E-state index contributed by atoms with van der Waals surface area (Å²) in [6.45, 7) is -0.173. The molecule has 150 valence electrons. The fourth-order valence-electron chi connectivity index (χ4n) is 2.69. The standard InChI is InChI=1S/C19H15ClF3N5O/c1-24-17(29)14-5-4-11(13-9-27-18(20)28-10-13)7-15(14)26-8-12-3-2-6-25-16(12)19(21,22)23/h2-7,9-10,26H,8H2,1H3,(H,24,29). The van der Waals surface area contributed by atoms with Crippen molar-refractivity contribution in [1.82, 2.24) is 20.3 Å². The molecule has 1 amide bonds. The number of aromatic nitrogens is 3. The van der Waals surface area contributed by atoms with Crippen LogP contribution in [0.2, 0.25) is 5.28 Å². The molecule has 0 saturated carbocycles. The van der Waals surface area contributed by atoms with E-state index in [1.807, 2.05) is 0 Å². The van der Waals surface area contributed by atoms with Crippen molar-refractivity contribution in [2.75, 3.05) is 12.4 Å². The number of carbonyl (C=O) groups excluding carboxylic acids is 1. The molecule has 0 saturated heterocycles. The Balaban J connectivity index is 1.96. The molecule has 0 atom stereocenters. The monoisotopic (exact) mass is 421 g/mol. The summed E-state index contributed by atoms with van der Waals surface area (Å²) in [5, 5.41) is 5.51. The van der Waals surface area contributed by atoms with Gasteiger partial charge in [-0.25, -0.2) is 9.97 Å². The summed E-state index contributed by atoms with van der Waals surface area (Å²) < 4.78 is 39.5. The van der Waals surface area contributed by atoms with Gasteiger partial charge in [0.05, 0.1) is 5.56 Å². The summed E-state index contributed by atoms with van der Waals surface area (Å²) in [5.41, 5.74) is 0.925. The molecule has 0 aliphatic heterocycles. The molecule has 0 radical (unpaired) electrons. The van der Waals surface area contributed by atoms with Crippen LogP contribution in [-0.2, 0) is 12.7 Å². The smallest absolute Gasteiger partial charge is 0.380 e. The minimum absolute atomic E-state index is 0.0388. The second kappa shape index (κ2) is 8.44. The van der Waals surface area contributed by atoms with Crippen LogP contribution < -0.4 is 10.6 Å². The van der Waals surface area contributed by atoms with Gasteiger partial charge >= 0.3 is 6.18 Å². The summed E-state index contributed by atoms with van der Waals surface area (Å²) in [7, 11) is 1.47. The number of halogens is 4. The van der Waals surface area contributed by atoms with E-state index in [0.717, 1.165) is 6.20 Å². The first-order valence-corrected chi connectivity index (χ1v) is 8.76. The molecule has 2 aromatic heterocycles. The predicted octanol–water partition coefficient (Wildman–Crippen LogP) is 4.18. The number of carbonyl (C=O) groups is 1. The lowest BCUT2D eigenvalue weighted by Gasteiger charge is -2.16. The van der Waals surface area contributed by atoms with Crippen molar-refractivity contribution in [3.63, 3.8) is 0 Å². The highest BCUT2D eigenvalue weighted by Gasteiger charge is 2.34. The van der Waals surface area contributed by atoms with Gasteiger partial charge in [0, 0.05) is 49.0 Å². The van der Waals surface area contributed by atoms with Gasteiger partial charge in [0.1, 0.15) is 5.69 Å². The highest BCUT2D eigenvalue weighted by molar-refractivity contribution is 6.28. The maximum atomic E-state index is 13.2. The Morgan fingerprint density at radius 3 is 2.48 bits per heavy atom. The van der Waals surface area contributed by atoms with Crippen molar-refractivity contribution in [2.24, 2.45) is 0 Å². The third-order valence-corrected chi connectivity index (χ3v) is 4.27. The molecule has 0 bridgehead atoms. The highest BCUT2D eigenvalue weighted by Crippen LogP contribution is 2.31. The number of hydrogen-bond acceptors (Lipinski definition) is 5. The zero-order valence-corrected chi connectivity index (χ0v) is 15.8. The number of nitrogens with zero attached hydrogens (tertiary/aromatic N) is 3. The van der Waals surface area contributed by atoms with E-state index in [2.05, 4.69) is 25.6 Å². The number of alkyl halides is 3. The number of anilines is 1. The van der Waals surface area contributed by atoms with Gasteiger partial charge in [0.15, 0.2) is 0 Å². The summed E-state index contributed by atoms with van der Waals surface area (Å²) in [6, 6.07) is 7.65. The zero-order valence-electron chi connectivity index (χ0n) is 15.1. The summed E-state index contributed by atoms with van der Waals surface area (Å²) >= 11 is 5.70. The topological polar surface area (TPSA) is 79.8 Å². The van der Waals surface area contributed by atoms with Gasteiger partial charge in [-0.05, 0) is 35.4 Å². The van der Waals surface area contributed by atoms with Gasteiger partial charge in [-0.1, -0.05) is 12.1 Å². The fourth-order valence-corrected chi connectivity index (χ4v) is 2.79. The van der Waals surface area contributed by atoms with E-state index in [4.69, 9.17) is 11.6 Å². The molecule has 3 aromatic rings. The molecule has 0 aliphatic rings. The number of hydrogen-bond donors (Lipinski definition) is 2. The van der Waals surface area contributed by atoms with E-state index in [9.17, 15) is 18.0 Å². The molecule has 0 unspecified atom stereocenters. The van der Waals surface area contributed by atoms with Crippen LogP contribution in [-0.4, -0.2) is 27.9 Å². The van der Waals surface area contributed by atoms with E-state index in [0.29, 0.717) is 16.8 Å². The van der Waals surface area contributed by atoms with Gasteiger partial charge in [-0.3, -0.25) is 9.78 Å². The number of benzene rings is 1. The molecular formula is C19H15ClF3N5O. The van der Waals surface area contributed by atoms with Crippen molar-refractivity contribution in [1.29, 1.82) is 0 Å². The largest absolute Gasteiger partial charge is 0.433 e. The average molecular weight is 422 g/mol. The molecule has 0 fully saturated rings. The van der Waals surface area contributed by atoms with Crippen LogP contribution in [0, 0.1) is 0 Å². The molecule has 10 heteroatoms. The van der Waals surface area contributed by atoms with Gasteiger partial charge in [-0.2, -0.15) is 13.2 Å². The molecular weight excluding hydrogens is 407 g/mol. The van der Waals surface area contributed by atoms with Crippen molar-refractivity contribution in [2.45, 2.75) is 12.7 Å². The highest BCUT2D eigenvalue weighted by atomic mass is 35.5. The van der Waals surface area contributed by atoms with Crippen molar-refractivity contribution >= 4 is 23.2 Å². The fraction of sp³-hybridized carbons (Fsp3) is 0.158. The number of pyridine rings is 1. The lowest BCUT2D eigenvalue weighted by atomic mass is 10.0. The van der Waals surface area contributed by atoms with Crippen LogP contribution in [0.1, 0.15) is 21.6 Å². The Bertz CT molecular complexity index is 1030. The first-order valence-electron chi connectivity index (χ1n) is 8.38. The number of amides is 1. The van der Waals surface area contributed by atoms with Crippen LogP contribution in [0.5, 0.6) is 0 Å². The van der Waals surface area contributed by atoms with Gasteiger partial charge in [0.25, 0.3) is 5.91 Å². The van der Waals surface area contributed by atoms with Gasteiger partial charge in [-0.15, -0.1) is 0 Å². The Labute approximate surface area is 169 Å². The lowest BCUT2D eigenvalue weighted by molar-refractivity contribution is -0.141. The molecule has 2 N–H and O–H groups in total. The molecule has 3 rings (SSSR count). The summed E-state index contributed by atoms with van der Waals surface area (Å²) in [4.78, 5) is 23.4. The molecule has 2 heterocycles. The van der Waals surface area contributed by atoms with Gasteiger partial charge in [0.2, 0.25) is 5.28 Å². The molecule has 0 aliphatic carbocycles.